The Balaban J connectivity index is 2.13. The molecule has 4 heteroatoms. The molecule has 2 rings (SSSR count). The van der Waals surface area contributed by atoms with Crippen molar-refractivity contribution in [3.05, 3.63) is 61.4 Å². The second-order valence-corrected chi connectivity index (χ2v) is 6.13. The van der Waals surface area contributed by atoms with Gasteiger partial charge in [0.2, 0.25) is 0 Å². The molecule has 0 unspecified atom stereocenters. The molecule has 0 saturated carbocycles. The average Bonchev–Trinajstić information content (AvgIpc) is 2.32. The summed E-state index contributed by atoms with van der Waals surface area (Å²) in [6, 6.07) is 11.0. The summed E-state index contributed by atoms with van der Waals surface area (Å²) >= 11 is 5.74. The predicted octanol–water partition coefficient (Wildman–Crippen LogP) is 5.11. The Hall–Kier alpha value is -0.620. The normalized spacial score (nSPS) is 10.4. The molecule has 0 aliphatic heterocycles. The van der Waals surface area contributed by atoms with Crippen LogP contribution in [0.3, 0.4) is 0 Å². The first-order valence-electron chi connectivity index (χ1n) is 5.50. The van der Waals surface area contributed by atoms with E-state index in [1.807, 2.05) is 31.2 Å². The zero-order chi connectivity index (χ0) is 13.1. The lowest BCUT2D eigenvalue weighted by molar-refractivity contribution is 0.625. The van der Waals surface area contributed by atoms with E-state index in [0.29, 0.717) is 6.54 Å². The molecule has 0 saturated heterocycles. The van der Waals surface area contributed by atoms with Gasteiger partial charge in [0, 0.05) is 20.3 Å². The summed E-state index contributed by atoms with van der Waals surface area (Å²) in [7, 11) is 0. The van der Waals surface area contributed by atoms with Crippen LogP contribution in [-0.4, -0.2) is 0 Å². The monoisotopic (exact) mass is 419 g/mol. The van der Waals surface area contributed by atoms with Gasteiger partial charge in [-0.25, -0.2) is 4.39 Å². The lowest BCUT2D eigenvalue weighted by Crippen LogP contribution is -2.03. The quantitative estimate of drug-likeness (QED) is 0.681. The molecule has 0 radical (unpaired) electrons. The van der Waals surface area contributed by atoms with E-state index >= 15 is 0 Å². The first-order valence-corrected chi connectivity index (χ1v) is 7.37. The summed E-state index contributed by atoms with van der Waals surface area (Å²) in [5, 5.41) is 3.37. The molecule has 94 valence electrons. The molecule has 1 N–H and O–H groups in total. The fourth-order valence-corrected chi connectivity index (χ4v) is 2.57. The van der Waals surface area contributed by atoms with E-state index in [4.69, 9.17) is 0 Å². The Labute approximate surface area is 128 Å². The summed E-state index contributed by atoms with van der Waals surface area (Å²) in [6.45, 7) is 2.62. The number of rotatable bonds is 3. The van der Waals surface area contributed by atoms with Crippen LogP contribution in [-0.2, 0) is 6.54 Å². The number of benzene rings is 2. The molecule has 0 aromatic heterocycles. The van der Waals surface area contributed by atoms with Gasteiger partial charge in [0.25, 0.3) is 0 Å². The van der Waals surface area contributed by atoms with Gasteiger partial charge >= 0.3 is 0 Å². The highest BCUT2D eigenvalue weighted by Gasteiger charge is 2.03. The van der Waals surface area contributed by atoms with Crippen LogP contribution in [0, 0.1) is 16.3 Å². The van der Waals surface area contributed by atoms with Crippen molar-refractivity contribution in [2.75, 3.05) is 5.32 Å². The van der Waals surface area contributed by atoms with Crippen molar-refractivity contribution in [2.45, 2.75) is 13.5 Å². The third-order valence-electron chi connectivity index (χ3n) is 2.70. The van der Waals surface area contributed by atoms with E-state index in [2.05, 4.69) is 43.8 Å². The molecule has 0 atom stereocenters. The van der Waals surface area contributed by atoms with Gasteiger partial charge in [0.05, 0.1) is 0 Å². The van der Waals surface area contributed by atoms with Crippen LogP contribution in [0.4, 0.5) is 10.1 Å². The van der Waals surface area contributed by atoms with Crippen molar-refractivity contribution in [1.29, 1.82) is 0 Å². The van der Waals surface area contributed by atoms with Crippen LogP contribution in [0.2, 0.25) is 0 Å². The van der Waals surface area contributed by atoms with Crippen LogP contribution in [0.1, 0.15) is 11.1 Å². The first kappa shape index (κ1) is 13.8. The summed E-state index contributed by atoms with van der Waals surface area (Å²) in [6.07, 6.45) is 0. The smallest absolute Gasteiger partial charge is 0.123 e. The van der Waals surface area contributed by atoms with Crippen LogP contribution >= 0.6 is 38.5 Å². The van der Waals surface area contributed by atoms with Gasteiger partial charge in [-0.2, -0.15) is 0 Å². The molecular weight excluding hydrogens is 408 g/mol. The molecule has 0 fully saturated rings. The molecule has 2 aromatic carbocycles. The Kier molecular flexibility index (Phi) is 4.61. The Bertz CT molecular complexity index is 572. The Morgan fingerprint density at radius 1 is 1.22 bits per heavy atom. The minimum absolute atomic E-state index is 0.187. The molecule has 0 spiro atoms. The fraction of sp³-hybridized carbons (Fsp3) is 0.143. The summed E-state index contributed by atoms with van der Waals surface area (Å²) in [5.74, 6) is -0.187. The minimum atomic E-state index is -0.187. The van der Waals surface area contributed by atoms with Gasteiger partial charge in [-0.1, -0.05) is 22.0 Å². The standard InChI is InChI=1S/C14H12BrFIN/c1-9-6-12(16)4-2-10(9)8-18-14-7-11(15)3-5-13(14)17/h2-7,18H,8H2,1H3. The van der Waals surface area contributed by atoms with Gasteiger partial charge in [0.1, 0.15) is 5.82 Å². The fourth-order valence-electron chi connectivity index (χ4n) is 1.68. The highest BCUT2D eigenvalue weighted by molar-refractivity contribution is 14.1. The largest absolute Gasteiger partial charge is 0.380 e. The lowest BCUT2D eigenvalue weighted by atomic mass is 10.1. The second kappa shape index (κ2) is 6.02. The Morgan fingerprint density at radius 2 is 2.00 bits per heavy atom. The molecule has 0 bridgehead atoms. The van der Waals surface area contributed by atoms with Crippen molar-refractivity contribution < 1.29 is 4.39 Å². The molecule has 0 amide bonds. The van der Waals surface area contributed by atoms with E-state index in [9.17, 15) is 4.39 Å². The highest BCUT2D eigenvalue weighted by Crippen LogP contribution is 2.23. The molecule has 18 heavy (non-hydrogen) atoms. The van der Waals surface area contributed by atoms with E-state index < -0.39 is 0 Å². The molecule has 0 aliphatic carbocycles. The molecule has 2 aromatic rings. The Morgan fingerprint density at radius 3 is 2.72 bits per heavy atom. The maximum Gasteiger partial charge on any atom is 0.123 e. The van der Waals surface area contributed by atoms with Gasteiger partial charge in [0.15, 0.2) is 0 Å². The summed E-state index contributed by atoms with van der Waals surface area (Å²) in [5.41, 5.74) is 3.15. The number of hydrogen-bond donors (Lipinski definition) is 1. The van der Waals surface area contributed by atoms with E-state index in [-0.39, 0.29) is 5.82 Å². The van der Waals surface area contributed by atoms with Gasteiger partial charge in [-0.05, 0) is 71.0 Å². The molecule has 0 heterocycles. The predicted molar refractivity (Wildman–Crippen MR) is 85.3 cm³/mol. The van der Waals surface area contributed by atoms with E-state index in [0.717, 1.165) is 24.9 Å². The van der Waals surface area contributed by atoms with Gasteiger partial charge < -0.3 is 5.32 Å². The van der Waals surface area contributed by atoms with Gasteiger partial charge in [-0.3, -0.25) is 0 Å². The first-order chi connectivity index (χ1) is 8.56. The third kappa shape index (κ3) is 3.45. The molecular formula is C14H12BrFIN. The van der Waals surface area contributed by atoms with Crippen LogP contribution < -0.4 is 5.32 Å². The second-order valence-electron chi connectivity index (χ2n) is 4.05. The maximum absolute atomic E-state index is 13.0. The zero-order valence-corrected chi connectivity index (χ0v) is 13.5. The molecule has 0 aliphatic rings. The number of halogens is 3. The van der Waals surface area contributed by atoms with E-state index in [1.165, 1.54) is 6.07 Å². The summed E-state index contributed by atoms with van der Waals surface area (Å²) in [4.78, 5) is 0. The third-order valence-corrected chi connectivity index (χ3v) is 4.14. The number of aryl methyl sites for hydroxylation is 1. The maximum atomic E-state index is 13.0. The average molecular weight is 420 g/mol. The van der Waals surface area contributed by atoms with Crippen molar-refractivity contribution in [3.8, 4) is 0 Å². The van der Waals surface area contributed by atoms with Crippen molar-refractivity contribution >= 4 is 44.2 Å². The van der Waals surface area contributed by atoms with Crippen molar-refractivity contribution in [2.24, 2.45) is 0 Å². The van der Waals surface area contributed by atoms with Crippen molar-refractivity contribution in [3.63, 3.8) is 0 Å². The van der Waals surface area contributed by atoms with Crippen LogP contribution in [0.15, 0.2) is 40.9 Å². The topological polar surface area (TPSA) is 12.0 Å². The lowest BCUT2D eigenvalue weighted by Gasteiger charge is -2.11. The van der Waals surface area contributed by atoms with Crippen LogP contribution in [0.5, 0.6) is 0 Å². The number of hydrogen-bond acceptors (Lipinski definition) is 1. The van der Waals surface area contributed by atoms with Crippen LogP contribution in [0.25, 0.3) is 0 Å². The minimum Gasteiger partial charge on any atom is -0.380 e. The number of anilines is 1. The van der Waals surface area contributed by atoms with E-state index in [1.54, 1.807) is 6.07 Å². The zero-order valence-electron chi connectivity index (χ0n) is 9.81. The molecule has 1 nitrogen and oxygen atoms in total. The number of nitrogens with one attached hydrogen (secondary N) is 1. The van der Waals surface area contributed by atoms with Crippen molar-refractivity contribution in [1.82, 2.24) is 0 Å². The SMILES string of the molecule is Cc1cc(F)ccc1CNc1cc(Br)ccc1I. The van der Waals surface area contributed by atoms with Gasteiger partial charge in [-0.15, -0.1) is 0 Å². The highest BCUT2D eigenvalue weighted by atomic mass is 127. The summed E-state index contributed by atoms with van der Waals surface area (Å²) < 4.78 is 15.2.